The maximum absolute atomic E-state index is 4.22. The Morgan fingerprint density at radius 3 is 2.45 bits per heavy atom. The van der Waals surface area contributed by atoms with Crippen LogP contribution < -0.4 is 10.6 Å². The molecule has 0 aliphatic heterocycles. The van der Waals surface area contributed by atoms with Gasteiger partial charge in [-0.15, -0.1) is 46.7 Å². The fourth-order valence-electron chi connectivity index (χ4n) is 1.59. The fraction of sp³-hybridized carbons (Fsp3) is 0.308. The van der Waals surface area contributed by atoms with E-state index in [1.54, 1.807) is 18.4 Å². The lowest BCUT2D eigenvalue weighted by molar-refractivity contribution is 0.822. The molecule has 0 aliphatic rings. The predicted octanol–water partition coefficient (Wildman–Crippen LogP) is 4.36. The zero-order valence-corrected chi connectivity index (χ0v) is 16.8. The second kappa shape index (κ2) is 9.01. The Bertz CT molecular complexity index is 519. The topological polar surface area (TPSA) is 36.4 Å². The van der Waals surface area contributed by atoms with Crippen molar-refractivity contribution in [1.82, 2.24) is 10.6 Å². The molecule has 0 fully saturated rings. The summed E-state index contributed by atoms with van der Waals surface area (Å²) in [5, 5.41) is 8.71. The van der Waals surface area contributed by atoms with Gasteiger partial charge in [-0.05, 0) is 41.1 Å². The maximum Gasteiger partial charge on any atom is 0.191 e. The van der Waals surface area contributed by atoms with Crippen LogP contribution in [0.5, 0.6) is 0 Å². The first-order valence-electron chi connectivity index (χ1n) is 5.90. The van der Waals surface area contributed by atoms with E-state index in [0.717, 1.165) is 23.5 Å². The maximum atomic E-state index is 4.22. The lowest BCUT2D eigenvalue weighted by atomic mass is 10.4. The molecular weight excluding hydrogens is 469 g/mol. The van der Waals surface area contributed by atoms with Crippen LogP contribution in [0, 0.1) is 6.92 Å². The molecule has 3 nitrogen and oxygen atoms in total. The summed E-state index contributed by atoms with van der Waals surface area (Å²) in [4.78, 5) is 8.16. The Hall–Kier alpha value is -0.120. The van der Waals surface area contributed by atoms with Crippen molar-refractivity contribution in [3.8, 4) is 0 Å². The van der Waals surface area contributed by atoms with E-state index in [-0.39, 0.29) is 24.0 Å². The smallest absolute Gasteiger partial charge is 0.191 e. The Labute approximate surface area is 153 Å². The number of guanidine groups is 1. The monoisotopic (exact) mass is 485 g/mol. The van der Waals surface area contributed by atoms with Crippen molar-refractivity contribution in [1.29, 1.82) is 0 Å². The van der Waals surface area contributed by atoms with E-state index >= 15 is 0 Å². The average molecular weight is 486 g/mol. The Kier molecular flexibility index (Phi) is 8.08. The normalized spacial score (nSPS) is 11.1. The fourth-order valence-corrected chi connectivity index (χ4v) is 3.81. The van der Waals surface area contributed by atoms with Gasteiger partial charge in [0.1, 0.15) is 0 Å². The van der Waals surface area contributed by atoms with Crippen molar-refractivity contribution < 1.29 is 0 Å². The first kappa shape index (κ1) is 17.9. The molecule has 2 N–H and O–H groups in total. The minimum Gasteiger partial charge on any atom is -0.352 e. The molecule has 110 valence electrons. The van der Waals surface area contributed by atoms with Crippen LogP contribution in [0.3, 0.4) is 0 Å². The minimum atomic E-state index is 0. The number of rotatable bonds is 4. The largest absolute Gasteiger partial charge is 0.352 e. The molecule has 20 heavy (non-hydrogen) atoms. The van der Waals surface area contributed by atoms with E-state index in [1.165, 1.54) is 14.6 Å². The van der Waals surface area contributed by atoms with E-state index in [9.17, 15) is 0 Å². The Morgan fingerprint density at radius 2 is 1.95 bits per heavy atom. The minimum absolute atomic E-state index is 0. The van der Waals surface area contributed by atoms with Gasteiger partial charge in [0.25, 0.3) is 0 Å². The highest BCUT2D eigenvalue weighted by Gasteiger charge is 2.02. The molecule has 0 spiro atoms. The van der Waals surface area contributed by atoms with Crippen molar-refractivity contribution in [3.63, 3.8) is 0 Å². The molecule has 7 heteroatoms. The third kappa shape index (κ3) is 5.71. The van der Waals surface area contributed by atoms with Gasteiger partial charge in [-0.25, -0.2) is 0 Å². The highest BCUT2D eigenvalue weighted by Crippen LogP contribution is 2.19. The van der Waals surface area contributed by atoms with Gasteiger partial charge in [-0.3, -0.25) is 4.99 Å². The molecule has 0 aliphatic carbocycles. The number of thiophene rings is 2. The second-order valence-electron chi connectivity index (χ2n) is 4.02. The van der Waals surface area contributed by atoms with Gasteiger partial charge in [0.15, 0.2) is 5.96 Å². The molecule has 0 bridgehead atoms. The molecule has 0 aromatic carbocycles. The molecule has 0 amide bonds. The number of aryl methyl sites for hydroxylation is 1. The van der Waals surface area contributed by atoms with Crippen molar-refractivity contribution in [2.45, 2.75) is 20.0 Å². The standard InChI is InChI=1S/C13H16BrN3S2.HI/c1-9-3-4-11(19-9)6-16-13(15-2)17-7-12-5-10(14)8-18-12;/h3-5,8H,6-7H2,1-2H3,(H2,15,16,17);1H. The van der Waals surface area contributed by atoms with E-state index in [1.807, 2.05) is 11.3 Å². The summed E-state index contributed by atoms with van der Waals surface area (Å²) in [5.74, 6) is 0.829. The molecular formula is C13H17BrIN3S2. The van der Waals surface area contributed by atoms with Crippen LogP contribution in [-0.2, 0) is 13.1 Å². The molecule has 0 saturated carbocycles. The zero-order valence-electron chi connectivity index (χ0n) is 11.3. The van der Waals surface area contributed by atoms with Crippen LogP contribution in [0.2, 0.25) is 0 Å². The van der Waals surface area contributed by atoms with Crippen LogP contribution in [-0.4, -0.2) is 13.0 Å². The van der Waals surface area contributed by atoms with Crippen LogP contribution >= 0.6 is 62.6 Å². The number of aliphatic imine (C=N–C) groups is 1. The molecule has 0 radical (unpaired) electrons. The number of nitrogens with one attached hydrogen (secondary N) is 2. The number of hydrogen-bond donors (Lipinski definition) is 2. The lowest BCUT2D eigenvalue weighted by Crippen LogP contribution is -2.35. The second-order valence-corrected chi connectivity index (χ2v) is 7.31. The SMILES string of the molecule is CN=C(NCc1cc(Br)cs1)NCc1ccc(C)s1.I. The Balaban J connectivity index is 0.00000200. The summed E-state index contributed by atoms with van der Waals surface area (Å²) in [7, 11) is 1.79. The van der Waals surface area contributed by atoms with Gasteiger partial charge >= 0.3 is 0 Å². The summed E-state index contributed by atoms with van der Waals surface area (Å²) in [6.45, 7) is 3.72. The highest BCUT2D eigenvalue weighted by molar-refractivity contribution is 14.0. The van der Waals surface area contributed by atoms with Gasteiger partial charge in [-0.2, -0.15) is 0 Å². The molecule has 0 unspecified atom stereocenters. The van der Waals surface area contributed by atoms with Gasteiger partial charge in [0.05, 0.1) is 13.1 Å². The molecule has 2 aromatic rings. The first-order chi connectivity index (χ1) is 9.17. The summed E-state index contributed by atoms with van der Waals surface area (Å²) in [6, 6.07) is 6.41. The van der Waals surface area contributed by atoms with Crippen LogP contribution in [0.25, 0.3) is 0 Å². The molecule has 2 aromatic heterocycles. The predicted molar refractivity (Wildman–Crippen MR) is 104 cm³/mol. The summed E-state index contributed by atoms with van der Waals surface area (Å²) >= 11 is 7.00. The zero-order chi connectivity index (χ0) is 13.7. The first-order valence-corrected chi connectivity index (χ1v) is 8.39. The quantitative estimate of drug-likeness (QED) is 0.383. The number of hydrogen-bond acceptors (Lipinski definition) is 3. The van der Waals surface area contributed by atoms with Crippen molar-refractivity contribution in [3.05, 3.63) is 42.7 Å². The number of nitrogens with zero attached hydrogens (tertiary/aromatic N) is 1. The van der Waals surface area contributed by atoms with Crippen molar-refractivity contribution in [2.75, 3.05) is 7.05 Å². The van der Waals surface area contributed by atoms with Gasteiger partial charge in [0.2, 0.25) is 0 Å². The molecule has 2 rings (SSSR count). The summed E-state index contributed by atoms with van der Waals surface area (Å²) in [6.07, 6.45) is 0. The van der Waals surface area contributed by atoms with Crippen LogP contribution in [0.15, 0.2) is 33.0 Å². The third-order valence-electron chi connectivity index (χ3n) is 2.50. The Morgan fingerprint density at radius 1 is 1.25 bits per heavy atom. The van der Waals surface area contributed by atoms with E-state index in [0.29, 0.717) is 0 Å². The van der Waals surface area contributed by atoms with Gasteiger partial charge in [0, 0.05) is 31.5 Å². The van der Waals surface area contributed by atoms with E-state index in [4.69, 9.17) is 0 Å². The average Bonchev–Trinajstić information content (AvgIpc) is 2.99. The lowest BCUT2D eigenvalue weighted by Gasteiger charge is -2.10. The van der Waals surface area contributed by atoms with E-state index < -0.39 is 0 Å². The van der Waals surface area contributed by atoms with Crippen molar-refractivity contribution in [2.24, 2.45) is 4.99 Å². The highest BCUT2D eigenvalue weighted by atomic mass is 127. The van der Waals surface area contributed by atoms with Crippen LogP contribution in [0.1, 0.15) is 14.6 Å². The molecule has 0 atom stereocenters. The third-order valence-corrected chi connectivity index (χ3v) is 5.20. The van der Waals surface area contributed by atoms with Crippen LogP contribution in [0.4, 0.5) is 0 Å². The molecule has 2 heterocycles. The van der Waals surface area contributed by atoms with Gasteiger partial charge < -0.3 is 10.6 Å². The van der Waals surface area contributed by atoms with Crippen molar-refractivity contribution >= 4 is 68.5 Å². The summed E-state index contributed by atoms with van der Waals surface area (Å²) in [5.41, 5.74) is 0. The summed E-state index contributed by atoms with van der Waals surface area (Å²) < 4.78 is 1.13. The van der Waals surface area contributed by atoms with Gasteiger partial charge in [-0.1, -0.05) is 0 Å². The van der Waals surface area contributed by atoms with E-state index in [2.05, 4.69) is 62.1 Å². The number of halogens is 2. The molecule has 0 saturated heterocycles.